The van der Waals surface area contributed by atoms with Crippen molar-refractivity contribution in [3.63, 3.8) is 0 Å². The average molecular weight is 559 g/mol. The van der Waals surface area contributed by atoms with E-state index >= 15 is 0 Å². The first-order valence-corrected chi connectivity index (χ1v) is 14.9. The minimum atomic E-state index is -3.94. The second-order valence-corrected chi connectivity index (χ2v) is 11.9. The quantitative estimate of drug-likeness (QED) is 0.385. The Bertz CT molecular complexity index is 1280. The summed E-state index contributed by atoms with van der Waals surface area (Å²) in [6.45, 7) is 1.19. The van der Waals surface area contributed by atoms with Gasteiger partial charge in [0.2, 0.25) is 21.8 Å². The van der Waals surface area contributed by atoms with Crippen LogP contribution in [-0.4, -0.2) is 54.1 Å². The van der Waals surface area contributed by atoms with Crippen molar-refractivity contribution in [2.75, 3.05) is 44.1 Å². The number of nitrogens with one attached hydrogen (secondary N) is 2. The number of benzene rings is 2. The lowest BCUT2D eigenvalue weighted by Gasteiger charge is -2.33. The lowest BCUT2D eigenvalue weighted by atomic mass is 9.96. The van der Waals surface area contributed by atoms with Gasteiger partial charge in [0.15, 0.2) is 11.5 Å². The number of methoxy groups -OCH3 is 2. The molecule has 39 heavy (non-hydrogen) atoms. The van der Waals surface area contributed by atoms with Gasteiger partial charge in [-0.05, 0) is 68.0 Å². The smallest absolute Gasteiger partial charge is 0.242 e. The van der Waals surface area contributed by atoms with E-state index in [1.165, 1.54) is 6.07 Å². The Balaban J connectivity index is 1.54. The van der Waals surface area contributed by atoms with Gasteiger partial charge in [0, 0.05) is 37.2 Å². The molecule has 0 spiro atoms. The highest BCUT2D eigenvalue weighted by atomic mass is 32.2. The summed E-state index contributed by atoms with van der Waals surface area (Å²) < 4.78 is 40.6. The fourth-order valence-corrected chi connectivity index (χ4v) is 6.63. The normalized spacial score (nSPS) is 16.7. The fraction of sp³-hybridized carbons (Fsp3) is 0.500. The van der Waals surface area contributed by atoms with Crippen LogP contribution in [0.2, 0.25) is 0 Å². The number of ether oxygens (including phenoxy) is 2. The molecule has 2 aliphatic rings. The summed E-state index contributed by atoms with van der Waals surface area (Å²) in [6.07, 6.45) is 5.31. The molecule has 0 radical (unpaired) electrons. The summed E-state index contributed by atoms with van der Waals surface area (Å²) in [5.74, 6) is 0.507. The van der Waals surface area contributed by atoms with Crippen LogP contribution in [0.1, 0.15) is 44.1 Å². The van der Waals surface area contributed by atoms with Crippen molar-refractivity contribution in [3.05, 3.63) is 42.0 Å². The molecule has 11 heteroatoms. The molecule has 1 saturated heterocycles. The number of nitrogens with two attached hydrogens (primary N) is 1. The molecule has 2 aromatic rings. The zero-order valence-corrected chi connectivity index (χ0v) is 23.4. The number of anilines is 2. The minimum Gasteiger partial charge on any atom is -0.493 e. The molecule has 1 saturated carbocycles. The number of hydrogen-bond acceptors (Lipinski definition) is 7. The van der Waals surface area contributed by atoms with Gasteiger partial charge in [-0.1, -0.05) is 18.9 Å². The van der Waals surface area contributed by atoms with Gasteiger partial charge in [0.25, 0.3) is 0 Å². The molecule has 1 aliphatic heterocycles. The Kier molecular flexibility index (Phi) is 9.34. The Hall–Kier alpha value is -3.31. The lowest BCUT2D eigenvalue weighted by molar-refractivity contribution is -0.122. The van der Waals surface area contributed by atoms with Crippen LogP contribution < -0.4 is 30.1 Å². The van der Waals surface area contributed by atoms with Crippen molar-refractivity contribution in [1.29, 1.82) is 0 Å². The second kappa shape index (κ2) is 12.7. The standard InChI is InChI=1S/C28H38N4O6S/c1-37-24-10-7-19(17-25(24)38-2)11-14-30-39(35,36)26-18-22(31-28(34)21-5-3-4-6-21)8-9-23(26)32-15-12-20(13-16-32)27(29)33/h7-10,17-18,20-21,30H,3-6,11-16H2,1-2H3,(H2,29,33)(H,31,34). The van der Waals surface area contributed by atoms with E-state index in [9.17, 15) is 18.0 Å². The molecular weight excluding hydrogens is 520 g/mol. The number of hydrogen-bond donors (Lipinski definition) is 3. The van der Waals surface area contributed by atoms with Crippen LogP contribution in [0.25, 0.3) is 0 Å². The summed E-state index contributed by atoms with van der Waals surface area (Å²) in [5, 5.41) is 2.92. The number of rotatable bonds is 11. The number of sulfonamides is 1. The summed E-state index contributed by atoms with van der Waals surface area (Å²) >= 11 is 0. The number of piperidine rings is 1. The van der Waals surface area contributed by atoms with E-state index in [1.807, 2.05) is 17.0 Å². The summed E-state index contributed by atoms with van der Waals surface area (Å²) in [4.78, 5) is 26.4. The highest BCUT2D eigenvalue weighted by molar-refractivity contribution is 7.89. The third-order valence-electron chi connectivity index (χ3n) is 7.63. The molecule has 4 rings (SSSR count). The van der Waals surface area contributed by atoms with E-state index in [0.29, 0.717) is 55.2 Å². The van der Waals surface area contributed by atoms with Gasteiger partial charge in [-0.2, -0.15) is 0 Å². The third kappa shape index (κ3) is 7.02. The van der Waals surface area contributed by atoms with Crippen molar-refractivity contribution in [1.82, 2.24) is 4.72 Å². The van der Waals surface area contributed by atoms with E-state index in [-0.39, 0.29) is 35.1 Å². The third-order valence-corrected chi connectivity index (χ3v) is 9.12. The Morgan fingerprint density at radius 3 is 2.28 bits per heavy atom. The predicted molar refractivity (Wildman–Crippen MR) is 150 cm³/mol. The number of carbonyl (C=O) groups excluding carboxylic acids is 2. The second-order valence-electron chi connectivity index (χ2n) is 10.2. The molecule has 2 aromatic carbocycles. The van der Waals surface area contributed by atoms with Gasteiger partial charge in [-0.15, -0.1) is 0 Å². The molecule has 2 fully saturated rings. The predicted octanol–water partition coefficient (Wildman–Crippen LogP) is 3.06. The van der Waals surface area contributed by atoms with Gasteiger partial charge < -0.3 is 25.4 Å². The Morgan fingerprint density at radius 1 is 0.949 bits per heavy atom. The molecule has 4 N–H and O–H groups in total. The SMILES string of the molecule is COc1ccc(CCNS(=O)(=O)c2cc(NC(=O)C3CCCC3)ccc2N2CCC(C(N)=O)CC2)cc1OC. The maximum absolute atomic E-state index is 13.6. The molecular formula is C28H38N4O6S. The lowest BCUT2D eigenvalue weighted by Crippen LogP contribution is -2.39. The minimum absolute atomic E-state index is 0.0443. The molecule has 0 aromatic heterocycles. The summed E-state index contributed by atoms with van der Waals surface area (Å²) in [7, 11) is -0.825. The summed E-state index contributed by atoms with van der Waals surface area (Å²) in [5.41, 5.74) is 7.36. The van der Waals surface area contributed by atoms with Gasteiger partial charge in [-0.25, -0.2) is 13.1 Å². The summed E-state index contributed by atoms with van der Waals surface area (Å²) in [6, 6.07) is 10.5. The number of amides is 2. The Morgan fingerprint density at radius 2 is 1.64 bits per heavy atom. The van der Waals surface area contributed by atoms with Crippen LogP contribution in [0, 0.1) is 11.8 Å². The van der Waals surface area contributed by atoms with E-state index in [4.69, 9.17) is 15.2 Å². The number of primary amides is 1. The molecule has 0 bridgehead atoms. The van der Waals surface area contributed by atoms with E-state index in [1.54, 1.807) is 32.4 Å². The first kappa shape index (κ1) is 28.7. The first-order valence-electron chi connectivity index (χ1n) is 13.4. The maximum Gasteiger partial charge on any atom is 0.242 e. The van der Waals surface area contributed by atoms with E-state index < -0.39 is 10.0 Å². The van der Waals surface area contributed by atoms with Crippen molar-refractivity contribution in [3.8, 4) is 11.5 Å². The van der Waals surface area contributed by atoms with Gasteiger partial charge >= 0.3 is 0 Å². The van der Waals surface area contributed by atoms with Crippen LogP contribution in [0.4, 0.5) is 11.4 Å². The molecule has 212 valence electrons. The van der Waals surface area contributed by atoms with Crippen molar-refractivity contribution in [2.24, 2.45) is 17.6 Å². The highest BCUT2D eigenvalue weighted by Gasteiger charge is 2.29. The van der Waals surface area contributed by atoms with Crippen LogP contribution >= 0.6 is 0 Å². The highest BCUT2D eigenvalue weighted by Crippen LogP contribution is 2.33. The van der Waals surface area contributed by atoms with E-state index in [2.05, 4.69) is 10.0 Å². The Labute approximate surface area is 230 Å². The van der Waals surface area contributed by atoms with Crippen LogP contribution in [0.3, 0.4) is 0 Å². The van der Waals surface area contributed by atoms with Crippen LogP contribution in [-0.2, 0) is 26.0 Å². The van der Waals surface area contributed by atoms with Gasteiger partial charge in [-0.3, -0.25) is 9.59 Å². The molecule has 1 aliphatic carbocycles. The molecule has 1 heterocycles. The van der Waals surface area contributed by atoms with Crippen LogP contribution in [0.15, 0.2) is 41.3 Å². The number of carbonyl (C=O) groups is 2. The first-order chi connectivity index (χ1) is 18.7. The molecule has 0 unspecified atom stereocenters. The molecule has 0 atom stereocenters. The molecule has 2 amide bonds. The number of nitrogens with zero attached hydrogens (tertiary/aromatic N) is 1. The average Bonchev–Trinajstić information content (AvgIpc) is 3.48. The zero-order valence-electron chi connectivity index (χ0n) is 22.6. The monoisotopic (exact) mass is 558 g/mol. The topological polar surface area (TPSA) is 140 Å². The molecule has 10 nitrogen and oxygen atoms in total. The van der Waals surface area contributed by atoms with Crippen molar-refractivity contribution >= 4 is 33.2 Å². The largest absolute Gasteiger partial charge is 0.493 e. The maximum atomic E-state index is 13.6. The van der Waals surface area contributed by atoms with E-state index in [0.717, 1.165) is 31.2 Å². The van der Waals surface area contributed by atoms with Gasteiger partial charge in [0.1, 0.15) is 4.90 Å². The van der Waals surface area contributed by atoms with Crippen molar-refractivity contribution in [2.45, 2.75) is 49.8 Å². The zero-order chi connectivity index (χ0) is 28.0. The van der Waals surface area contributed by atoms with Gasteiger partial charge in [0.05, 0.1) is 19.9 Å². The van der Waals surface area contributed by atoms with Crippen molar-refractivity contribution < 1.29 is 27.5 Å². The fourth-order valence-electron chi connectivity index (χ4n) is 5.35. The van der Waals surface area contributed by atoms with Crippen LogP contribution in [0.5, 0.6) is 11.5 Å².